The first kappa shape index (κ1) is 15.1. The van der Waals surface area contributed by atoms with Gasteiger partial charge in [-0.1, -0.05) is 12.1 Å². The summed E-state index contributed by atoms with van der Waals surface area (Å²) in [6.07, 6.45) is 0.508. The Bertz CT molecular complexity index is 419. The number of ether oxygens (including phenoxy) is 1. The smallest absolute Gasteiger partial charge is 0.261 e. The van der Waals surface area contributed by atoms with E-state index in [1.807, 2.05) is 0 Å². The van der Waals surface area contributed by atoms with Gasteiger partial charge in [0.1, 0.15) is 6.61 Å². The molecule has 3 N–H and O–H groups in total. The number of nitrogens with two attached hydrogens (primary N) is 1. The van der Waals surface area contributed by atoms with Crippen molar-refractivity contribution in [1.29, 1.82) is 0 Å². The number of hydrogen-bond acceptors (Lipinski definition) is 3. The maximum Gasteiger partial charge on any atom is 0.261 e. The first-order chi connectivity index (χ1) is 9.08. The van der Waals surface area contributed by atoms with E-state index in [2.05, 4.69) is 10.1 Å². The third-order valence-electron chi connectivity index (χ3n) is 2.15. The Morgan fingerprint density at radius 3 is 2.68 bits per heavy atom. The summed E-state index contributed by atoms with van der Waals surface area (Å²) >= 11 is 0. The number of nitrogen functional groups attached to an aromatic ring is 1. The van der Waals surface area contributed by atoms with Crippen LogP contribution in [-0.2, 0) is 9.53 Å². The zero-order chi connectivity index (χ0) is 14.1. The van der Waals surface area contributed by atoms with Gasteiger partial charge < -0.3 is 15.8 Å². The molecule has 0 saturated heterocycles. The van der Waals surface area contributed by atoms with Crippen LogP contribution in [0.4, 0.5) is 14.5 Å². The Morgan fingerprint density at radius 1 is 1.37 bits per heavy atom. The predicted molar refractivity (Wildman–Crippen MR) is 69.7 cm³/mol. The van der Waals surface area contributed by atoms with E-state index in [0.717, 1.165) is 5.56 Å². The molecule has 1 amide bonds. The maximum absolute atomic E-state index is 11.7. The number of anilines is 1. The van der Waals surface area contributed by atoms with E-state index in [4.69, 9.17) is 5.73 Å². The number of carbonyl (C=O) groups is 1. The average Bonchev–Trinajstić information content (AvgIpc) is 2.37. The van der Waals surface area contributed by atoms with Crippen molar-refractivity contribution in [1.82, 2.24) is 5.32 Å². The second kappa shape index (κ2) is 8.20. The molecule has 6 heteroatoms. The molecule has 0 unspecified atom stereocenters. The number of amides is 1. The third-order valence-corrected chi connectivity index (χ3v) is 2.15. The Balaban J connectivity index is 2.22. The number of rotatable bonds is 7. The lowest BCUT2D eigenvalue weighted by molar-refractivity contribution is -0.116. The lowest BCUT2D eigenvalue weighted by Crippen LogP contribution is -2.26. The SMILES string of the molecule is Nc1ccc(/C=C/C(=O)NCCOCC(F)F)cc1. The van der Waals surface area contributed by atoms with Gasteiger partial charge in [0.05, 0.1) is 6.61 Å². The molecule has 0 fully saturated rings. The molecule has 1 rings (SSSR count). The van der Waals surface area contributed by atoms with E-state index in [-0.39, 0.29) is 19.1 Å². The Kier molecular flexibility index (Phi) is 6.52. The van der Waals surface area contributed by atoms with Crippen molar-refractivity contribution in [3.63, 3.8) is 0 Å². The van der Waals surface area contributed by atoms with Gasteiger partial charge >= 0.3 is 0 Å². The minimum Gasteiger partial charge on any atom is -0.399 e. The zero-order valence-electron chi connectivity index (χ0n) is 10.3. The van der Waals surface area contributed by atoms with Crippen LogP contribution in [0.15, 0.2) is 30.3 Å². The van der Waals surface area contributed by atoms with Gasteiger partial charge in [0.25, 0.3) is 6.43 Å². The van der Waals surface area contributed by atoms with Gasteiger partial charge in [0.2, 0.25) is 5.91 Å². The molecule has 104 valence electrons. The summed E-state index contributed by atoms with van der Waals surface area (Å²) in [6.45, 7) is -0.361. The quantitative estimate of drug-likeness (QED) is 0.450. The second-order valence-electron chi connectivity index (χ2n) is 3.76. The molecule has 0 saturated carbocycles. The fourth-order valence-corrected chi connectivity index (χ4v) is 1.26. The van der Waals surface area contributed by atoms with Crippen molar-refractivity contribution in [2.45, 2.75) is 6.43 Å². The summed E-state index contributed by atoms with van der Waals surface area (Å²) in [7, 11) is 0. The standard InChI is InChI=1S/C13H16F2N2O2/c14-12(15)9-19-8-7-17-13(18)6-3-10-1-4-11(16)5-2-10/h1-6,12H,7-9,16H2,(H,17,18)/b6-3+. The number of nitrogens with one attached hydrogen (secondary N) is 1. The summed E-state index contributed by atoms with van der Waals surface area (Å²) in [5, 5.41) is 2.52. The van der Waals surface area contributed by atoms with Crippen LogP contribution < -0.4 is 11.1 Å². The maximum atomic E-state index is 11.7. The first-order valence-corrected chi connectivity index (χ1v) is 5.75. The number of benzene rings is 1. The van der Waals surface area contributed by atoms with E-state index >= 15 is 0 Å². The molecule has 1 aromatic carbocycles. The van der Waals surface area contributed by atoms with Crippen LogP contribution in [-0.4, -0.2) is 32.1 Å². The summed E-state index contributed by atoms with van der Waals surface area (Å²) in [5.74, 6) is -0.308. The highest BCUT2D eigenvalue weighted by Crippen LogP contribution is 2.06. The molecule has 1 aromatic rings. The Labute approximate surface area is 110 Å². The number of alkyl halides is 2. The van der Waals surface area contributed by atoms with Gasteiger partial charge in [0, 0.05) is 18.3 Å². The van der Waals surface area contributed by atoms with Gasteiger partial charge in [0.15, 0.2) is 0 Å². The highest BCUT2D eigenvalue weighted by Gasteiger charge is 2.01. The number of hydrogen-bond donors (Lipinski definition) is 2. The van der Waals surface area contributed by atoms with E-state index in [1.54, 1.807) is 30.3 Å². The lowest BCUT2D eigenvalue weighted by atomic mass is 10.2. The topological polar surface area (TPSA) is 64.4 Å². The molecule has 0 aliphatic carbocycles. The second-order valence-corrected chi connectivity index (χ2v) is 3.76. The van der Waals surface area contributed by atoms with Crippen molar-refractivity contribution < 1.29 is 18.3 Å². The third kappa shape index (κ3) is 7.15. The van der Waals surface area contributed by atoms with Gasteiger partial charge in [-0.15, -0.1) is 0 Å². The Morgan fingerprint density at radius 2 is 2.05 bits per heavy atom. The van der Waals surface area contributed by atoms with Crippen molar-refractivity contribution >= 4 is 17.7 Å². The molecule has 0 spiro atoms. The van der Waals surface area contributed by atoms with Crippen LogP contribution in [0.3, 0.4) is 0 Å². The summed E-state index contributed by atoms with van der Waals surface area (Å²) in [4.78, 5) is 11.4. The minimum atomic E-state index is -2.49. The highest BCUT2D eigenvalue weighted by molar-refractivity contribution is 5.91. The summed E-state index contributed by atoms with van der Waals surface area (Å²) in [6, 6.07) is 7.03. The van der Waals surface area contributed by atoms with E-state index in [9.17, 15) is 13.6 Å². The van der Waals surface area contributed by atoms with Gasteiger partial charge in [-0.3, -0.25) is 4.79 Å². The summed E-state index contributed by atoms with van der Waals surface area (Å²) < 4.78 is 28.1. The zero-order valence-corrected chi connectivity index (χ0v) is 10.3. The van der Waals surface area contributed by atoms with Crippen LogP contribution in [0.2, 0.25) is 0 Å². The number of carbonyl (C=O) groups excluding carboxylic acids is 1. The van der Waals surface area contributed by atoms with Crippen LogP contribution in [0.5, 0.6) is 0 Å². The van der Waals surface area contributed by atoms with Gasteiger partial charge in [-0.05, 0) is 23.8 Å². The normalized spacial score (nSPS) is 11.1. The molecule has 0 aromatic heterocycles. The minimum absolute atomic E-state index is 0.0613. The molecule has 0 radical (unpaired) electrons. The molecule has 0 heterocycles. The van der Waals surface area contributed by atoms with Crippen molar-refractivity contribution in [2.24, 2.45) is 0 Å². The van der Waals surface area contributed by atoms with Gasteiger partial charge in [-0.2, -0.15) is 0 Å². The average molecular weight is 270 g/mol. The molecule has 19 heavy (non-hydrogen) atoms. The van der Waals surface area contributed by atoms with Crippen LogP contribution >= 0.6 is 0 Å². The molecule has 0 aliphatic heterocycles. The summed E-state index contributed by atoms with van der Waals surface area (Å²) in [5.41, 5.74) is 7.02. The first-order valence-electron chi connectivity index (χ1n) is 5.75. The van der Waals surface area contributed by atoms with Crippen molar-refractivity contribution in [3.05, 3.63) is 35.9 Å². The molecule has 4 nitrogen and oxygen atoms in total. The molecule has 0 bridgehead atoms. The van der Waals surface area contributed by atoms with E-state index in [0.29, 0.717) is 5.69 Å². The van der Waals surface area contributed by atoms with Gasteiger partial charge in [-0.25, -0.2) is 8.78 Å². The highest BCUT2D eigenvalue weighted by atomic mass is 19.3. The van der Waals surface area contributed by atoms with Crippen LogP contribution in [0.1, 0.15) is 5.56 Å². The predicted octanol–water partition coefficient (Wildman–Crippen LogP) is 1.68. The molecular formula is C13H16F2N2O2. The van der Waals surface area contributed by atoms with E-state index < -0.39 is 13.0 Å². The lowest BCUT2D eigenvalue weighted by Gasteiger charge is -2.03. The van der Waals surface area contributed by atoms with Crippen LogP contribution in [0.25, 0.3) is 6.08 Å². The Hall–Kier alpha value is -1.95. The van der Waals surface area contributed by atoms with Crippen LogP contribution in [0, 0.1) is 0 Å². The molecule has 0 aliphatic rings. The van der Waals surface area contributed by atoms with E-state index in [1.165, 1.54) is 6.08 Å². The monoisotopic (exact) mass is 270 g/mol. The number of halogens is 2. The van der Waals surface area contributed by atoms with Crippen molar-refractivity contribution in [2.75, 3.05) is 25.5 Å². The fraction of sp³-hybridized carbons (Fsp3) is 0.308. The molecular weight excluding hydrogens is 254 g/mol. The fourth-order valence-electron chi connectivity index (χ4n) is 1.26. The molecule has 0 atom stereocenters. The largest absolute Gasteiger partial charge is 0.399 e. The van der Waals surface area contributed by atoms with Crippen molar-refractivity contribution in [3.8, 4) is 0 Å².